The Morgan fingerprint density at radius 2 is 1.92 bits per heavy atom. The molecule has 1 amide bonds. The molecule has 2 rings (SSSR count). The van der Waals surface area contributed by atoms with Crippen molar-refractivity contribution in [2.24, 2.45) is 0 Å². The Morgan fingerprint density at radius 1 is 1.20 bits per heavy atom. The molecule has 0 saturated heterocycles. The summed E-state index contributed by atoms with van der Waals surface area (Å²) in [7, 11) is 3.07. The molecule has 0 bridgehead atoms. The molecule has 2 aromatic rings. The van der Waals surface area contributed by atoms with E-state index in [-0.39, 0.29) is 28.5 Å². The van der Waals surface area contributed by atoms with E-state index in [1.807, 2.05) is 6.92 Å². The zero-order valence-corrected chi connectivity index (χ0v) is 15.3. The number of thioether (sulfide) groups is 1. The molecule has 0 aromatic heterocycles. The summed E-state index contributed by atoms with van der Waals surface area (Å²) in [5.41, 5.74) is 1.27. The smallest absolute Gasteiger partial charge is 0.232 e. The molecule has 0 aliphatic rings. The van der Waals surface area contributed by atoms with Gasteiger partial charge in [-0.2, -0.15) is 0 Å². The molecule has 0 aliphatic heterocycles. The Labute approximate surface area is 151 Å². The van der Waals surface area contributed by atoms with Crippen LogP contribution >= 0.6 is 11.8 Å². The Bertz CT molecular complexity index is 739. The van der Waals surface area contributed by atoms with Crippen LogP contribution in [0.15, 0.2) is 42.5 Å². The first-order chi connectivity index (χ1) is 11.9. The third kappa shape index (κ3) is 5.19. The average molecular weight is 365 g/mol. The number of hydrogen-bond donors (Lipinski definition) is 0. The van der Waals surface area contributed by atoms with Gasteiger partial charge in [-0.3, -0.25) is 4.79 Å². The summed E-state index contributed by atoms with van der Waals surface area (Å²) in [5, 5.41) is -0.128. The van der Waals surface area contributed by atoms with Gasteiger partial charge in [-0.15, -0.1) is 11.8 Å². The molecule has 25 heavy (non-hydrogen) atoms. The van der Waals surface area contributed by atoms with E-state index >= 15 is 0 Å². The number of rotatable bonds is 7. The molecule has 0 aliphatic carbocycles. The molecule has 0 fully saturated rings. The van der Waals surface area contributed by atoms with Gasteiger partial charge in [-0.25, -0.2) is 8.78 Å². The van der Waals surface area contributed by atoms with Crippen LogP contribution in [0, 0.1) is 11.6 Å². The number of ether oxygens (including phenoxy) is 1. The number of carbonyl (C=O) groups excluding carboxylic acids is 1. The van der Waals surface area contributed by atoms with Gasteiger partial charge in [0.2, 0.25) is 5.91 Å². The normalized spacial score (nSPS) is 11.9. The summed E-state index contributed by atoms with van der Waals surface area (Å²) in [4.78, 5) is 13.8. The molecule has 134 valence electrons. The quantitative estimate of drug-likeness (QED) is 0.727. The van der Waals surface area contributed by atoms with Crippen molar-refractivity contribution in [1.29, 1.82) is 0 Å². The van der Waals surface area contributed by atoms with Gasteiger partial charge in [0.1, 0.15) is 5.82 Å². The van der Waals surface area contributed by atoms with Crippen molar-refractivity contribution in [1.82, 2.24) is 4.90 Å². The Kier molecular flexibility index (Phi) is 6.82. The highest BCUT2D eigenvalue weighted by Crippen LogP contribution is 2.30. The highest BCUT2D eigenvalue weighted by Gasteiger charge is 2.16. The number of benzene rings is 2. The highest BCUT2D eigenvalue weighted by atomic mass is 32.2. The fraction of sp³-hybridized carbons (Fsp3) is 0.316. The first kappa shape index (κ1) is 19.2. The standard InChI is InChI=1S/C19H21F2NO2S/c1-13(15-6-4-5-7-16(15)20)25-12-19(23)22(2)11-14-8-9-18(24-3)17(21)10-14/h4-10,13H,11-12H2,1-3H3. The number of nitrogens with zero attached hydrogens (tertiary/aromatic N) is 1. The number of amides is 1. The van der Waals surface area contributed by atoms with Crippen molar-refractivity contribution < 1.29 is 18.3 Å². The second-order valence-electron chi connectivity index (χ2n) is 5.69. The number of methoxy groups -OCH3 is 1. The van der Waals surface area contributed by atoms with Crippen LogP contribution in [-0.4, -0.2) is 30.7 Å². The zero-order chi connectivity index (χ0) is 18.4. The van der Waals surface area contributed by atoms with Gasteiger partial charge < -0.3 is 9.64 Å². The molecule has 6 heteroatoms. The van der Waals surface area contributed by atoms with E-state index in [4.69, 9.17) is 4.74 Å². The molecule has 2 aromatic carbocycles. The van der Waals surface area contributed by atoms with E-state index in [1.165, 1.54) is 42.0 Å². The van der Waals surface area contributed by atoms with E-state index in [9.17, 15) is 13.6 Å². The molecular formula is C19H21F2NO2S. The summed E-state index contributed by atoms with van der Waals surface area (Å²) in [6.07, 6.45) is 0. The van der Waals surface area contributed by atoms with Crippen molar-refractivity contribution in [3.8, 4) is 5.75 Å². The maximum Gasteiger partial charge on any atom is 0.232 e. The van der Waals surface area contributed by atoms with Crippen molar-refractivity contribution in [2.75, 3.05) is 19.9 Å². The first-order valence-electron chi connectivity index (χ1n) is 7.84. The van der Waals surface area contributed by atoms with Crippen molar-refractivity contribution in [3.05, 3.63) is 65.2 Å². The molecule has 0 radical (unpaired) electrons. The number of carbonyl (C=O) groups is 1. The average Bonchev–Trinajstić information content (AvgIpc) is 2.60. The third-order valence-corrected chi connectivity index (χ3v) is 5.03. The fourth-order valence-corrected chi connectivity index (χ4v) is 3.35. The van der Waals surface area contributed by atoms with Gasteiger partial charge in [0.05, 0.1) is 12.9 Å². The second-order valence-corrected chi connectivity index (χ2v) is 7.02. The van der Waals surface area contributed by atoms with E-state index in [1.54, 1.807) is 31.3 Å². The Balaban J connectivity index is 1.90. The summed E-state index contributed by atoms with van der Waals surface area (Å²) in [6.45, 7) is 2.17. The molecule has 0 N–H and O–H groups in total. The second kappa shape index (κ2) is 8.85. The van der Waals surface area contributed by atoms with Crippen molar-refractivity contribution >= 4 is 17.7 Å². The van der Waals surface area contributed by atoms with Gasteiger partial charge in [0.15, 0.2) is 11.6 Å². The van der Waals surface area contributed by atoms with Gasteiger partial charge in [-0.05, 0) is 30.7 Å². The number of halogens is 2. The fourth-order valence-electron chi connectivity index (χ4n) is 2.37. The van der Waals surface area contributed by atoms with E-state index in [0.717, 1.165) is 0 Å². The SMILES string of the molecule is COc1ccc(CN(C)C(=O)CSC(C)c2ccccc2F)cc1F. The highest BCUT2D eigenvalue weighted by molar-refractivity contribution is 8.00. The van der Waals surface area contributed by atoms with Crippen molar-refractivity contribution in [3.63, 3.8) is 0 Å². The summed E-state index contributed by atoms with van der Waals surface area (Å²) in [6, 6.07) is 11.2. The molecule has 1 atom stereocenters. The maximum atomic E-state index is 13.8. The van der Waals surface area contributed by atoms with Crippen LogP contribution in [0.1, 0.15) is 23.3 Å². The summed E-state index contributed by atoms with van der Waals surface area (Å²) < 4.78 is 32.3. The minimum atomic E-state index is -0.455. The lowest BCUT2D eigenvalue weighted by atomic mass is 10.1. The molecular weight excluding hydrogens is 344 g/mol. The summed E-state index contributed by atoms with van der Waals surface area (Å²) in [5.74, 6) is -0.415. The van der Waals surface area contributed by atoms with Gasteiger partial charge >= 0.3 is 0 Å². The predicted octanol–water partition coefficient (Wildman–Crippen LogP) is 4.43. The monoisotopic (exact) mass is 365 g/mol. The van der Waals surface area contributed by atoms with Crippen LogP contribution in [0.4, 0.5) is 8.78 Å². The van der Waals surface area contributed by atoms with Crippen LogP contribution in [0.5, 0.6) is 5.75 Å². The minimum absolute atomic E-state index is 0.0931. The molecule has 0 heterocycles. The molecule has 0 spiro atoms. The van der Waals surface area contributed by atoms with Crippen LogP contribution in [0.3, 0.4) is 0 Å². The Hall–Kier alpha value is -2.08. The predicted molar refractivity (Wildman–Crippen MR) is 96.7 cm³/mol. The van der Waals surface area contributed by atoms with Crippen LogP contribution in [-0.2, 0) is 11.3 Å². The molecule has 0 saturated carbocycles. The first-order valence-corrected chi connectivity index (χ1v) is 8.89. The minimum Gasteiger partial charge on any atom is -0.494 e. The van der Waals surface area contributed by atoms with Gasteiger partial charge in [0.25, 0.3) is 0 Å². The molecule has 1 unspecified atom stereocenters. The van der Waals surface area contributed by atoms with Gasteiger partial charge in [0, 0.05) is 24.4 Å². The lowest BCUT2D eigenvalue weighted by Gasteiger charge is -2.19. The van der Waals surface area contributed by atoms with Crippen LogP contribution in [0.25, 0.3) is 0 Å². The third-order valence-electron chi connectivity index (χ3n) is 3.86. The maximum absolute atomic E-state index is 13.8. The van der Waals surface area contributed by atoms with E-state index in [2.05, 4.69) is 0 Å². The van der Waals surface area contributed by atoms with Crippen LogP contribution in [0.2, 0.25) is 0 Å². The van der Waals surface area contributed by atoms with Crippen molar-refractivity contribution in [2.45, 2.75) is 18.7 Å². The Morgan fingerprint density at radius 3 is 2.56 bits per heavy atom. The summed E-state index contributed by atoms with van der Waals surface area (Å²) >= 11 is 1.37. The zero-order valence-electron chi connectivity index (χ0n) is 14.5. The lowest BCUT2D eigenvalue weighted by Crippen LogP contribution is -2.28. The van der Waals surface area contributed by atoms with Crippen LogP contribution < -0.4 is 4.74 Å². The van der Waals surface area contributed by atoms with E-state index < -0.39 is 5.82 Å². The molecule has 3 nitrogen and oxygen atoms in total. The van der Waals surface area contributed by atoms with Gasteiger partial charge in [-0.1, -0.05) is 24.3 Å². The topological polar surface area (TPSA) is 29.5 Å². The lowest BCUT2D eigenvalue weighted by molar-refractivity contribution is -0.127. The number of hydrogen-bond acceptors (Lipinski definition) is 3. The largest absolute Gasteiger partial charge is 0.494 e. The van der Waals surface area contributed by atoms with E-state index in [0.29, 0.717) is 17.7 Å².